The molecule has 156 valence electrons. The molecule has 2 amide bonds. The summed E-state index contributed by atoms with van der Waals surface area (Å²) in [6.45, 7) is 4.08. The Balaban J connectivity index is 1.29. The Morgan fingerprint density at radius 2 is 1.83 bits per heavy atom. The van der Waals surface area contributed by atoms with Crippen molar-refractivity contribution in [1.82, 2.24) is 10.2 Å². The molecule has 2 heterocycles. The molecular weight excluding hydrogens is 396 g/mol. The molecule has 4 rings (SSSR count). The highest BCUT2D eigenvalue weighted by Crippen LogP contribution is 2.24. The van der Waals surface area contributed by atoms with Gasteiger partial charge in [0.1, 0.15) is 5.58 Å². The second-order valence-electron chi connectivity index (χ2n) is 7.52. The van der Waals surface area contributed by atoms with E-state index in [0.29, 0.717) is 31.3 Å². The molecule has 0 radical (unpaired) electrons. The second kappa shape index (κ2) is 9.39. The summed E-state index contributed by atoms with van der Waals surface area (Å²) in [5, 5.41) is 4.03. The van der Waals surface area contributed by atoms with Crippen LogP contribution in [0.1, 0.15) is 40.7 Å². The number of amides is 2. The van der Waals surface area contributed by atoms with Gasteiger partial charge in [-0.25, -0.2) is 0 Å². The number of para-hydroxylation sites is 1. The summed E-state index contributed by atoms with van der Waals surface area (Å²) >= 11 is 1.68. The molecule has 1 saturated heterocycles. The van der Waals surface area contributed by atoms with Crippen molar-refractivity contribution in [3.05, 3.63) is 65.9 Å². The van der Waals surface area contributed by atoms with E-state index in [-0.39, 0.29) is 11.8 Å². The normalized spacial score (nSPS) is 14.8. The molecule has 6 heteroatoms. The van der Waals surface area contributed by atoms with Crippen molar-refractivity contribution < 1.29 is 14.0 Å². The molecule has 0 bridgehead atoms. The number of rotatable bonds is 6. The number of hydrogen-bond acceptors (Lipinski definition) is 4. The smallest absolute Gasteiger partial charge is 0.289 e. The van der Waals surface area contributed by atoms with E-state index in [0.717, 1.165) is 40.0 Å². The first-order valence-corrected chi connectivity index (χ1v) is 11.4. The first-order valence-electron chi connectivity index (χ1n) is 10.4. The fraction of sp³-hybridized carbons (Fsp3) is 0.333. The Morgan fingerprint density at radius 3 is 2.60 bits per heavy atom. The summed E-state index contributed by atoms with van der Waals surface area (Å²) in [5.74, 6) is 1.63. The maximum Gasteiger partial charge on any atom is 0.289 e. The van der Waals surface area contributed by atoms with Gasteiger partial charge in [-0.3, -0.25) is 9.59 Å². The second-order valence-corrected chi connectivity index (χ2v) is 8.83. The van der Waals surface area contributed by atoms with Gasteiger partial charge in [-0.1, -0.05) is 37.3 Å². The zero-order chi connectivity index (χ0) is 20.9. The minimum absolute atomic E-state index is 0.0210. The standard InChI is InChI=1S/C24H26N2O3S/c1-2-30-22-10-6-4-8-19(22)23(27)25-16-17-11-13-26(14-12-17)24(28)21-15-18-7-3-5-9-20(18)29-21/h3-10,15,17H,2,11-14,16H2,1H3,(H,25,27). The van der Waals surface area contributed by atoms with Crippen molar-refractivity contribution >= 4 is 34.5 Å². The SMILES string of the molecule is CCSc1ccccc1C(=O)NCC1CCN(C(=O)c2cc3ccccc3o2)CC1. The number of carbonyl (C=O) groups excluding carboxylic acids is 2. The number of nitrogens with one attached hydrogen (secondary N) is 1. The third kappa shape index (κ3) is 4.54. The summed E-state index contributed by atoms with van der Waals surface area (Å²) in [6.07, 6.45) is 1.75. The highest BCUT2D eigenvalue weighted by Gasteiger charge is 2.26. The van der Waals surface area contributed by atoms with Crippen LogP contribution in [0.3, 0.4) is 0 Å². The van der Waals surface area contributed by atoms with E-state index in [4.69, 9.17) is 4.42 Å². The quantitative estimate of drug-likeness (QED) is 0.578. The molecule has 1 fully saturated rings. The van der Waals surface area contributed by atoms with Crippen LogP contribution in [0.15, 0.2) is 63.9 Å². The van der Waals surface area contributed by atoms with Gasteiger partial charge >= 0.3 is 0 Å². The largest absolute Gasteiger partial charge is 0.451 e. The summed E-state index contributed by atoms with van der Waals surface area (Å²) < 4.78 is 5.72. The van der Waals surface area contributed by atoms with Crippen LogP contribution in [-0.2, 0) is 0 Å². The molecule has 1 aliphatic heterocycles. The maximum absolute atomic E-state index is 12.8. The zero-order valence-electron chi connectivity index (χ0n) is 17.1. The first kappa shape index (κ1) is 20.5. The molecule has 1 N–H and O–H groups in total. The Morgan fingerprint density at radius 1 is 1.10 bits per heavy atom. The van der Waals surface area contributed by atoms with Gasteiger partial charge in [-0.05, 0) is 48.8 Å². The molecule has 0 atom stereocenters. The molecule has 5 nitrogen and oxygen atoms in total. The molecular formula is C24H26N2O3S. The molecule has 2 aromatic carbocycles. The number of nitrogens with zero attached hydrogens (tertiary/aromatic N) is 1. The molecule has 0 spiro atoms. The van der Waals surface area contributed by atoms with Crippen LogP contribution in [0.4, 0.5) is 0 Å². The maximum atomic E-state index is 12.8. The van der Waals surface area contributed by atoms with Crippen molar-refractivity contribution in [2.24, 2.45) is 5.92 Å². The zero-order valence-corrected chi connectivity index (χ0v) is 17.9. The average Bonchev–Trinajstić information content (AvgIpc) is 3.22. The van der Waals surface area contributed by atoms with Gasteiger partial charge in [0.2, 0.25) is 0 Å². The first-order chi connectivity index (χ1) is 14.7. The van der Waals surface area contributed by atoms with E-state index in [2.05, 4.69) is 12.2 Å². The van der Waals surface area contributed by atoms with Crippen molar-refractivity contribution in [2.75, 3.05) is 25.4 Å². The van der Waals surface area contributed by atoms with Gasteiger partial charge in [-0.15, -0.1) is 11.8 Å². The third-order valence-corrected chi connectivity index (χ3v) is 6.48. The lowest BCUT2D eigenvalue weighted by Gasteiger charge is -2.31. The van der Waals surface area contributed by atoms with E-state index in [1.807, 2.05) is 59.5 Å². The lowest BCUT2D eigenvalue weighted by Crippen LogP contribution is -2.41. The van der Waals surface area contributed by atoms with Crippen molar-refractivity contribution in [1.29, 1.82) is 0 Å². The predicted octanol–water partition coefficient (Wildman–Crippen LogP) is 4.83. The number of furan rings is 1. The fourth-order valence-corrected chi connectivity index (χ4v) is 4.65. The van der Waals surface area contributed by atoms with E-state index >= 15 is 0 Å². The summed E-state index contributed by atoms with van der Waals surface area (Å²) in [7, 11) is 0. The molecule has 0 aliphatic carbocycles. The summed E-state index contributed by atoms with van der Waals surface area (Å²) in [5.41, 5.74) is 1.47. The van der Waals surface area contributed by atoms with E-state index in [1.54, 1.807) is 11.8 Å². The Labute approximate surface area is 180 Å². The number of likely N-dealkylation sites (tertiary alicyclic amines) is 1. The molecule has 30 heavy (non-hydrogen) atoms. The molecule has 0 saturated carbocycles. The highest BCUT2D eigenvalue weighted by atomic mass is 32.2. The van der Waals surface area contributed by atoms with Crippen LogP contribution in [0, 0.1) is 5.92 Å². The Bertz CT molecular complexity index is 1000. The molecule has 3 aromatic rings. The fourth-order valence-electron chi connectivity index (χ4n) is 3.85. The number of hydrogen-bond donors (Lipinski definition) is 1. The predicted molar refractivity (Wildman–Crippen MR) is 120 cm³/mol. The number of benzene rings is 2. The van der Waals surface area contributed by atoms with Crippen LogP contribution >= 0.6 is 11.8 Å². The average molecular weight is 423 g/mol. The van der Waals surface area contributed by atoms with Crippen LogP contribution in [0.2, 0.25) is 0 Å². The van der Waals surface area contributed by atoms with Gasteiger partial charge in [0.15, 0.2) is 5.76 Å². The van der Waals surface area contributed by atoms with Crippen molar-refractivity contribution in [2.45, 2.75) is 24.7 Å². The van der Waals surface area contributed by atoms with Crippen LogP contribution in [0.25, 0.3) is 11.0 Å². The van der Waals surface area contributed by atoms with Crippen LogP contribution < -0.4 is 5.32 Å². The summed E-state index contributed by atoms with van der Waals surface area (Å²) in [6, 6.07) is 17.2. The molecule has 1 aliphatic rings. The monoisotopic (exact) mass is 422 g/mol. The van der Waals surface area contributed by atoms with Crippen molar-refractivity contribution in [3.63, 3.8) is 0 Å². The summed E-state index contributed by atoms with van der Waals surface area (Å²) in [4.78, 5) is 28.3. The third-order valence-electron chi connectivity index (χ3n) is 5.52. The van der Waals surface area contributed by atoms with Gasteiger partial charge in [0, 0.05) is 29.9 Å². The number of fused-ring (bicyclic) bond motifs is 1. The Kier molecular flexibility index (Phi) is 6.43. The van der Waals surface area contributed by atoms with E-state index in [1.165, 1.54) is 0 Å². The number of carbonyl (C=O) groups is 2. The lowest BCUT2D eigenvalue weighted by molar-refractivity contribution is 0.0655. The molecule has 0 unspecified atom stereocenters. The molecule has 1 aromatic heterocycles. The number of piperidine rings is 1. The van der Waals surface area contributed by atoms with E-state index < -0.39 is 0 Å². The number of thioether (sulfide) groups is 1. The van der Waals surface area contributed by atoms with Crippen LogP contribution in [-0.4, -0.2) is 42.1 Å². The van der Waals surface area contributed by atoms with Gasteiger partial charge < -0.3 is 14.6 Å². The van der Waals surface area contributed by atoms with Crippen molar-refractivity contribution in [3.8, 4) is 0 Å². The topological polar surface area (TPSA) is 62.6 Å². The van der Waals surface area contributed by atoms with Crippen LogP contribution in [0.5, 0.6) is 0 Å². The van der Waals surface area contributed by atoms with E-state index in [9.17, 15) is 9.59 Å². The lowest BCUT2D eigenvalue weighted by atomic mass is 9.96. The highest BCUT2D eigenvalue weighted by molar-refractivity contribution is 7.99. The van der Waals surface area contributed by atoms with Gasteiger partial charge in [0.25, 0.3) is 11.8 Å². The minimum atomic E-state index is -0.0563. The Hall–Kier alpha value is -2.73. The minimum Gasteiger partial charge on any atom is -0.451 e. The van der Waals surface area contributed by atoms with Gasteiger partial charge in [0.05, 0.1) is 5.56 Å². The van der Waals surface area contributed by atoms with Gasteiger partial charge in [-0.2, -0.15) is 0 Å².